The Labute approximate surface area is 213 Å². The molecular formula is C25H39ClN4O5. The number of rotatable bonds is 6. The van der Waals surface area contributed by atoms with Crippen molar-refractivity contribution in [3.05, 3.63) is 22.7 Å². The molecule has 196 valence electrons. The van der Waals surface area contributed by atoms with Gasteiger partial charge in [0.05, 0.1) is 36.7 Å². The Balaban J connectivity index is 1.48. The minimum Gasteiger partial charge on any atom is -0.496 e. The number of ether oxygens (including phenoxy) is 2. The van der Waals surface area contributed by atoms with Gasteiger partial charge in [-0.3, -0.25) is 9.63 Å². The van der Waals surface area contributed by atoms with Gasteiger partial charge >= 0.3 is 6.09 Å². The minimum atomic E-state index is -0.474. The highest BCUT2D eigenvalue weighted by Crippen LogP contribution is 2.30. The molecule has 35 heavy (non-hydrogen) atoms. The Kier molecular flexibility index (Phi) is 9.49. The van der Waals surface area contributed by atoms with Gasteiger partial charge in [0.2, 0.25) is 0 Å². The number of nitrogens with two attached hydrogens (primary N) is 1. The summed E-state index contributed by atoms with van der Waals surface area (Å²) in [6.45, 7) is 8.76. The van der Waals surface area contributed by atoms with E-state index in [1.54, 1.807) is 6.07 Å². The number of amides is 2. The molecule has 1 aromatic carbocycles. The molecule has 0 aliphatic carbocycles. The molecule has 9 nitrogen and oxygen atoms in total. The van der Waals surface area contributed by atoms with Gasteiger partial charge in [-0.2, -0.15) is 5.06 Å². The normalized spacial score (nSPS) is 20.3. The van der Waals surface area contributed by atoms with Crippen LogP contribution in [0.5, 0.6) is 5.75 Å². The molecule has 2 aliphatic rings. The number of hydroxylamine groups is 2. The number of anilines is 1. The Morgan fingerprint density at radius 3 is 2.57 bits per heavy atom. The Morgan fingerprint density at radius 2 is 1.91 bits per heavy atom. The first-order valence-electron chi connectivity index (χ1n) is 12.3. The minimum absolute atomic E-state index is 0.222. The van der Waals surface area contributed by atoms with Gasteiger partial charge in [-0.15, -0.1) is 0 Å². The average Bonchev–Trinajstić information content (AvgIpc) is 3.03. The number of carbonyl (C=O) groups excluding carboxylic acids is 2. The molecule has 3 rings (SSSR count). The highest BCUT2D eigenvalue weighted by atomic mass is 35.5. The van der Waals surface area contributed by atoms with Crippen LogP contribution in [0.1, 0.15) is 63.2 Å². The maximum atomic E-state index is 12.8. The van der Waals surface area contributed by atoms with E-state index in [0.29, 0.717) is 40.5 Å². The molecular weight excluding hydrogens is 472 g/mol. The number of piperidine rings is 1. The lowest BCUT2D eigenvalue weighted by Crippen LogP contribution is -2.42. The van der Waals surface area contributed by atoms with E-state index in [0.717, 1.165) is 51.7 Å². The number of hydrogen-bond donors (Lipinski definition) is 2. The Bertz CT molecular complexity index is 883. The molecule has 0 spiro atoms. The number of halogens is 1. The van der Waals surface area contributed by atoms with Crippen LogP contribution in [0.3, 0.4) is 0 Å². The zero-order valence-corrected chi connectivity index (χ0v) is 22.0. The predicted molar refractivity (Wildman–Crippen MR) is 135 cm³/mol. The monoisotopic (exact) mass is 510 g/mol. The van der Waals surface area contributed by atoms with Gasteiger partial charge < -0.3 is 25.4 Å². The second kappa shape index (κ2) is 12.1. The summed E-state index contributed by atoms with van der Waals surface area (Å²) in [4.78, 5) is 32.8. The number of nitrogens with one attached hydrogen (secondary N) is 1. The molecule has 2 heterocycles. The molecule has 0 radical (unpaired) electrons. The summed E-state index contributed by atoms with van der Waals surface area (Å²) in [5, 5.41) is 5.04. The molecule has 1 unspecified atom stereocenters. The molecule has 10 heteroatoms. The van der Waals surface area contributed by atoms with Gasteiger partial charge in [-0.25, -0.2) is 4.79 Å². The largest absolute Gasteiger partial charge is 0.496 e. The van der Waals surface area contributed by atoms with Crippen LogP contribution in [-0.4, -0.2) is 67.6 Å². The first-order chi connectivity index (χ1) is 16.6. The van der Waals surface area contributed by atoms with Crippen molar-refractivity contribution in [2.45, 2.75) is 58.5 Å². The zero-order chi connectivity index (χ0) is 25.6. The van der Waals surface area contributed by atoms with Crippen molar-refractivity contribution in [3.63, 3.8) is 0 Å². The molecule has 1 aromatic rings. The second-order valence-corrected chi connectivity index (χ2v) is 10.8. The number of likely N-dealkylation sites (tertiary alicyclic amines) is 1. The number of nitrogen functional groups attached to an aromatic ring is 1. The zero-order valence-electron chi connectivity index (χ0n) is 21.3. The molecule has 2 fully saturated rings. The third-order valence-electron chi connectivity index (χ3n) is 6.40. The van der Waals surface area contributed by atoms with E-state index in [1.165, 1.54) is 13.2 Å². The number of benzene rings is 1. The van der Waals surface area contributed by atoms with Crippen molar-refractivity contribution < 1.29 is 23.9 Å². The van der Waals surface area contributed by atoms with Crippen LogP contribution in [0, 0.1) is 11.8 Å². The average molecular weight is 511 g/mol. The fourth-order valence-electron chi connectivity index (χ4n) is 4.62. The first-order valence-corrected chi connectivity index (χ1v) is 12.7. The van der Waals surface area contributed by atoms with Gasteiger partial charge in [0.25, 0.3) is 5.91 Å². The van der Waals surface area contributed by atoms with E-state index in [4.69, 9.17) is 31.6 Å². The SMILES string of the molecule is COc1cc(N)c(Cl)cc1C(=O)NCN1CC(CC2CCN(C(=O)OC(C)(C)C)CC2)CCCO1. The summed E-state index contributed by atoms with van der Waals surface area (Å²) in [6.07, 6.45) is 4.87. The lowest BCUT2D eigenvalue weighted by Gasteiger charge is -2.35. The van der Waals surface area contributed by atoms with E-state index < -0.39 is 5.60 Å². The summed E-state index contributed by atoms with van der Waals surface area (Å²) in [5.74, 6) is 1.10. The summed E-state index contributed by atoms with van der Waals surface area (Å²) < 4.78 is 10.8. The van der Waals surface area contributed by atoms with Crippen LogP contribution in [0.2, 0.25) is 5.02 Å². The van der Waals surface area contributed by atoms with Crippen molar-refractivity contribution in [1.82, 2.24) is 15.3 Å². The molecule has 0 saturated carbocycles. The fourth-order valence-corrected chi connectivity index (χ4v) is 4.78. The summed E-state index contributed by atoms with van der Waals surface area (Å²) in [6, 6.07) is 3.06. The third kappa shape index (κ3) is 8.15. The predicted octanol–water partition coefficient (Wildman–Crippen LogP) is 4.30. The Hall–Kier alpha value is -2.23. The van der Waals surface area contributed by atoms with Gasteiger partial charge in [0.1, 0.15) is 11.4 Å². The van der Waals surface area contributed by atoms with Crippen LogP contribution >= 0.6 is 11.6 Å². The topological polar surface area (TPSA) is 106 Å². The van der Waals surface area contributed by atoms with Crippen molar-refractivity contribution in [1.29, 1.82) is 0 Å². The van der Waals surface area contributed by atoms with E-state index in [-0.39, 0.29) is 18.7 Å². The lowest BCUT2D eigenvalue weighted by molar-refractivity contribution is -0.159. The van der Waals surface area contributed by atoms with Gasteiger partial charge in [0.15, 0.2) is 0 Å². The molecule has 0 aromatic heterocycles. The summed E-state index contributed by atoms with van der Waals surface area (Å²) in [5.41, 5.74) is 6.03. The number of methoxy groups -OCH3 is 1. The van der Waals surface area contributed by atoms with Crippen molar-refractivity contribution >= 4 is 29.3 Å². The lowest BCUT2D eigenvalue weighted by atomic mass is 9.85. The van der Waals surface area contributed by atoms with Gasteiger partial charge in [-0.1, -0.05) is 11.6 Å². The van der Waals surface area contributed by atoms with E-state index in [1.807, 2.05) is 30.7 Å². The van der Waals surface area contributed by atoms with Crippen LogP contribution < -0.4 is 15.8 Å². The summed E-state index contributed by atoms with van der Waals surface area (Å²) >= 11 is 6.10. The maximum Gasteiger partial charge on any atom is 0.410 e. The van der Waals surface area contributed by atoms with E-state index in [2.05, 4.69) is 5.32 Å². The number of hydrogen-bond acceptors (Lipinski definition) is 7. The van der Waals surface area contributed by atoms with Crippen molar-refractivity contribution in [2.24, 2.45) is 11.8 Å². The fraction of sp³-hybridized carbons (Fsp3) is 0.680. The smallest absolute Gasteiger partial charge is 0.410 e. The highest BCUT2D eigenvalue weighted by Gasteiger charge is 2.29. The van der Waals surface area contributed by atoms with Crippen molar-refractivity contribution in [2.75, 3.05) is 45.8 Å². The van der Waals surface area contributed by atoms with Crippen LogP contribution in [0.4, 0.5) is 10.5 Å². The molecule has 0 bridgehead atoms. The molecule has 2 aliphatic heterocycles. The maximum absolute atomic E-state index is 12.8. The molecule has 1 atom stereocenters. The van der Waals surface area contributed by atoms with Crippen LogP contribution in [0.25, 0.3) is 0 Å². The first kappa shape index (κ1) is 27.4. The third-order valence-corrected chi connectivity index (χ3v) is 6.73. The van der Waals surface area contributed by atoms with Crippen LogP contribution in [-0.2, 0) is 9.57 Å². The number of carbonyl (C=O) groups is 2. The summed E-state index contributed by atoms with van der Waals surface area (Å²) in [7, 11) is 1.49. The second-order valence-electron chi connectivity index (χ2n) is 10.4. The van der Waals surface area contributed by atoms with Crippen LogP contribution in [0.15, 0.2) is 12.1 Å². The van der Waals surface area contributed by atoms with Gasteiger partial charge in [-0.05, 0) is 70.8 Å². The molecule has 2 amide bonds. The standard InChI is InChI=1S/C25H39ClN4O5/c1-25(2,3)35-24(32)29-9-7-17(8-10-29)12-18-6-5-11-34-30(15-18)16-28-23(31)19-13-20(26)21(27)14-22(19)33-4/h13-14,17-18H,5-12,15-16,27H2,1-4H3,(H,28,31). The van der Waals surface area contributed by atoms with Gasteiger partial charge in [0, 0.05) is 25.7 Å². The Morgan fingerprint density at radius 1 is 1.20 bits per heavy atom. The molecule has 2 saturated heterocycles. The molecule has 3 N–H and O–H groups in total. The quantitative estimate of drug-likeness (QED) is 0.549. The van der Waals surface area contributed by atoms with Crippen molar-refractivity contribution in [3.8, 4) is 5.75 Å². The van der Waals surface area contributed by atoms with E-state index >= 15 is 0 Å². The highest BCUT2D eigenvalue weighted by molar-refractivity contribution is 6.33. The van der Waals surface area contributed by atoms with E-state index in [9.17, 15) is 9.59 Å². The number of nitrogens with zero attached hydrogens (tertiary/aromatic N) is 2.